The van der Waals surface area contributed by atoms with E-state index in [2.05, 4.69) is 39.2 Å². The zero-order valence-electron chi connectivity index (χ0n) is 10.4. The van der Waals surface area contributed by atoms with Crippen molar-refractivity contribution in [1.82, 2.24) is 15.0 Å². The smallest absolute Gasteiger partial charge is 0.104 e. The number of rotatable bonds is 5. The van der Waals surface area contributed by atoms with Crippen LogP contribution in [0.3, 0.4) is 0 Å². The van der Waals surface area contributed by atoms with Crippen molar-refractivity contribution in [3.8, 4) is 11.3 Å². The van der Waals surface area contributed by atoms with Gasteiger partial charge in [-0.2, -0.15) is 0 Å². The van der Waals surface area contributed by atoms with Crippen LogP contribution in [0, 0.1) is 0 Å². The molecule has 96 valence electrons. The molecule has 18 heavy (non-hydrogen) atoms. The normalized spacial score (nSPS) is 10.8. The summed E-state index contributed by atoms with van der Waals surface area (Å²) in [6.45, 7) is 3.45. The molecule has 2 rings (SSSR count). The van der Waals surface area contributed by atoms with Crippen LogP contribution in [0.25, 0.3) is 11.3 Å². The first-order chi connectivity index (χ1) is 8.77. The summed E-state index contributed by atoms with van der Waals surface area (Å²) >= 11 is 3.57. The van der Waals surface area contributed by atoms with Gasteiger partial charge in [0.15, 0.2) is 0 Å². The zero-order valence-corrected chi connectivity index (χ0v) is 12.0. The van der Waals surface area contributed by atoms with Crippen LogP contribution in [0.2, 0.25) is 0 Å². The molecule has 0 aliphatic carbocycles. The van der Waals surface area contributed by atoms with Gasteiger partial charge in [0.1, 0.15) is 5.69 Å². The molecule has 0 aliphatic heterocycles. The van der Waals surface area contributed by atoms with Crippen LogP contribution in [0.1, 0.15) is 25.5 Å². The van der Waals surface area contributed by atoms with Gasteiger partial charge in [-0.15, -0.1) is 5.10 Å². The van der Waals surface area contributed by atoms with Crippen molar-refractivity contribution in [2.45, 2.75) is 32.9 Å². The summed E-state index contributed by atoms with van der Waals surface area (Å²) < 4.78 is 2.99. The van der Waals surface area contributed by atoms with E-state index in [4.69, 9.17) is 5.73 Å². The third-order valence-electron chi connectivity index (χ3n) is 2.85. The van der Waals surface area contributed by atoms with Gasteiger partial charge in [0, 0.05) is 23.1 Å². The number of aromatic nitrogens is 3. The second-order valence-corrected chi connectivity index (χ2v) is 5.00. The summed E-state index contributed by atoms with van der Waals surface area (Å²) in [5.41, 5.74) is 8.72. The molecule has 0 fully saturated rings. The van der Waals surface area contributed by atoms with Crippen LogP contribution in [-0.4, -0.2) is 15.0 Å². The lowest BCUT2D eigenvalue weighted by Crippen LogP contribution is -2.05. The monoisotopic (exact) mass is 308 g/mol. The summed E-state index contributed by atoms with van der Waals surface area (Å²) in [4.78, 5) is 0. The molecular formula is C13H17BrN4. The van der Waals surface area contributed by atoms with Gasteiger partial charge in [0.25, 0.3) is 0 Å². The minimum Gasteiger partial charge on any atom is -0.325 e. The van der Waals surface area contributed by atoms with E-state index >= 15 is 0 Å². The van der Waals surface area contributed by atoms with E-state index in [1.807, 2.05) is 22.9 Å². The topological polar surface area (TPSA) is 56.7 Å². The molecule has 2 aromatic rings. The Hall–Kier alpha value is -1.20. The maximum absolute atomic E-state index is 5.75. The minimum atomic E-state index is 0.406. The number of nitrogens with two attached hydrogens (primary N) is 1. The lowest BCUT2D eigenvalue weighted by atomic mass is 10.1. The van der Waals surface area contributed by atoms with Crippen molar-refractivity contribution >= 4 is 15.9 Å². The van der Waals surface area contributed by atoms with E-state index in [9.17, 15) is 0 Å². The van der Waals surface area contributed by atoms with Crippen molar-refractivity contribution in [3.63, 3.8) is 0 Å². The Kier molecular flexibility index (Phi) is 4.49. The second kappa shape index (κ2) is 6.11. The predicted octanol–water partition coefficient (Wildman–Crippen LogP) is 2.97. The zero-order chi connectivity index (χ0) is 13.0. The quantitative estimate of drug-likeness (QED) is 0.924. The summed E-state index contributed by atoms with van der Waals surface area (Å²) in [6, 6.07) is 8.09. The fourth-order valence-corrected chi connectivity index (χ4v) is 2.37. The first kappa shape index (κ1) is 13.2. The molecule has 0 atom stereocenters. The largest absolute Gasteiger partial charge is 0.325 e. The lowest BCUT2D eigenvalue weighted by molar-refractivity contribution is 0.557. The highest BCUT2D eigenvalue weighted by Crippen LogP contribution is 2.29. The molecule has 0 saturated heterocycles. The molecular weight excluding hydrogens is 292 g/mol. The third-order valence-corrected chi connectivity index (χ3v) is 3.54. The van der Waals surface area contributed by atoms with Crippen LogP contribution in [0.15, 0.2) is 28.7 Å². The van der Waals surface area contributed by atoms with Crippen LogP contribution >= 0.6 is 15.9 Å². The Morgan fingerprint density at radius 2 is 2.11 bits per heavy atom. The average Bonchev–Trinajstić information content (AvgIpc) is 2.79. The van der Waals surface area contributed by atoms with Crippen LogP contribution < -0.4 is 5.73 Å². The molecule has 0 aliphatic rings. The summed E-state index contributed by atoms with van der Waals surface area (Å²) in [6.07, 6.45) is 2.22. The van der Waals surface area contributed by atoms with Crippen molar-refractivity contribution in [2.24, 2.45) is 5.73 Å². The Balaban J connectivity index is 2.47. The van der Waals surface area contributed by atoms with Gasteiger partial charge in [-0.3, -0.25) is 0 Å². The first-order valence-electron chi connectivity index (χ1n) is 6.15. The standard InChI is InChI=1S/C13H17BrN4/c1-2-3-8-18-13(12(9-15)16-17-18)10-6-4-5-7-11(10)14/h4-7H,2-3,8-9,15H2,1H3. The highest BCUT2D eigenvalue weighted by molar-refractivity contribution is 9.10. The SMILES string of the molecule is CCCCn1nnc(CN)c1-c1ccccc1Br. The van der Waals surface area contributed by atoms with Crippen LogP contribution in [0.4, 0.5) is 0 Å². The molecule has 2 N–H and O–H groups in total. The van der Waals surface area contributed by atoms with Gasteiger partial charge in [0.2, 0.25) is 0 Å². The number of aryl methyl sites for hydroxylation is 1. The van der Waals surface area contributed by atoms with Gasteiger partial charge in [-0.25, -0.2) is 4.68 Å². The molecule has 4 nitrogen and oxygen atoms in total. The van der Waals surface area contributed by atoms with E-state index in [1.165, 1.54) is 0 Å². The number of halogens is 1. The highest BCUT2D eigenvalue weighted by atomic mass is 79.9. The molecule has 0 saturated carbocycles. The predicted molar refractivity (Wildman–Crippen MR) is 76.0 cm³/mol. The number of unbranched alkanes of at least 4 members (excludes halogenated alkanes) is 1. The van der Waals surface area contributed by atoms with Crippen LogP contribution in [-0.2, 0) is 13.1 Å². The highest BCUT2D eigenvalue weighted by Gasteiger charge is 2.15. The molecule has 0 unspecified atom stereocenters. The molecule has 1 heterocycles. The van der Waals surface area contributed by atoms with Gasteiger partial charge in [-0.05, 0) is 12.5 Å². The van der Waals surface area contributed by atoms with Gasteiger partial charge in [-0.1, -0.05) is 52.7 Å². The van der Waals surface area contributed by atoms with Crippen molar-refractivity contribution in [2.75, 3.05) is 0 Å². The molecule has 0 amide bonds. The maximum Gasteiger partial charge on any atom is 0.104 e. The number of hydrogen-bond donors (Lipinski definition) is 1. The number of hydrogen-bond acceptors (Lipinski definition) is 3. The molecule has 0 spiro atoms. The number of nitrogens with zero attached hydrogens (tertiary/aromatic N) is 3. The summed E-state index contributed by atoms with van der Waals surface area (Å²) in [7, 11) is 0. The number of benzene rings is 1. The van der Waals surface area contributed by atoms with Gasteiger partial charge in [0.05, 0.1) is 5.69 Å². The first-order valence-corrected chi connectivity index (χ1v) is 6.94. The van der Waals surface area contributed by atoms with E-state index in [1.54, 1.807) is 0 Å². The van der Waals surface area contributed by atoms with E-state index in [0.29, 0.717) is 6.54 Å². The second-order valence-electron chi connectivity index (χ2n) is 4.15. The van der Waals surface area contributed by atoms with Crippen molar-refractivity contribution in [3.05, 3.63) is 34.4 Å². The van der Waals surface area contributed by atoms with E-state index < -0.39 is 0 Å². The molecule has 0 bridgehead atoms. The fourth-order valence-electron chi connectivity index (χ4n) is 1.90. The average molecular weight is 309 g/mol. The summed E-state index contributed by atoms with van der Waals surface area (Å²) in [5.74, 6) is 0. The Morgan fingerprint density at radius 3 is 2.78 bits per heavy atom. The van der Waals surface area contributed by atoms with Crippen molar-refractivity contribution < 1.29 is 0 Å². The molecule has 5 heteroatoms. The Labute approximate surface area is 115 Å². The molecule has 1 aromatic heterocycles. The minimum absolute atomic E-state index is 0.406. The van der Waals surface area contributed by atoms with E-state index in [-0.39, 0.29) is 0 Å². The molecule has 0 radical (unpaired) electrons. The van der Waals surface area contributed by atoms with Crippen molar-refractivity contribution in [1.29, 1.82) is 0 Å². The van der Waals surface area contributed by atoms with E-state index in [0.717, 1.165) is 40.8 Å². The summed E-state index contributed by atoms with van der Waals surface area (Å²) in [5, 5.41) is 8.38. The molecule has 1 aromatic carbocycles. The lowest BCUT2D eigenvalue weighted by Gasteiger charge is -2.09. The van der Waals surface area contributed by atoms with Gasteiger partial charge >= 0.3 is 0 Å². The Bertz CT molecular complexity index is 521. The van der Waals surface area contributed by atoms with Crippen LogP contribution in [0.5, 0.6) is 0 Å². The maximum atomic E-state index is 5.75. The fraction of sp³-hybridized carbons (Fsp3) is 0.385. The van der Waals surface area contributed by atoms with Gasteiger partial charge < -0.3 is 5.73 Å². The Morgan fingerprint density at radius 1 is 1.33 bits per heavy atom. The third kappa shape index (κ3) is 2.62.